The Bertz CT molecular complexity index is 2160. The molecule has 0 unspecified atom stereocenters. The summed E-state index contributed by atoms with van der Waals surface area (Å²) in [6, 6.07) is 47.7. The first-order chi connectivity index (χ1) is 23.7. The first-order valence-electron chi connectivity index (χ1n) is 17.5. The summed E-state index contributed by atoms with van der Waals surface area (Å²) in [5.41, 5.74) is 13.6. The number of hydrogen-bond donors (Lipinski definition) is 0. The summed E-state index contributed by atoms with van der Waals surface area (Å²) in [5.74, 6) is 3.66. The smallest absolute Gasteiger partial charge is 0.160 e. The predicted molar refractivity (Wildman–Crippen MR) is 192 cm³/mol. The fourth-order valence-electron chi connectivity index (χ4n) is 10.5. The summed E-state index contributed by atoms with van der Waals surface area (Å²) < 4.78 is 0. The zero-order valence-electron chi connectivity index (χ0n) is 26.8. The lowest BCUT2D eigenvalue weighted by molar-refractivity contribution is -0.0399. The predicted octanol–water partition coefficient (Wildman–Crippen LogP) is 10.7. The van der Waals surface area contributed by atoms with Crippen molar-refractivity contribution in [3.8, 4) is 62.2 Å². The highest BCUT2D eigenvalue weighted by Crippen LogP contribution is 2.70. The molecule has 0 amide bonds. The molecule has 4 saturated carbocycles. The molecule has 1 aromatic heterocycles. The molecule has 4 fully saturated rings. The normalized spacial score (nSPS) is 24.3. The second kappa shape index (κ2) is 10.6. The maximum absolute atomic E-state index is 10.1. The second-order valence-electron chi connectivity index (χ2n) is 14.6. The van der Waals surface area contributed by atoms with Crippen LogP contribution in [0.5, 0.6) is 0 Å². The van der Waals surface area contributed by atoms with Crippen LogP contribution in [0, 0.1) is 35.0 Å². The van der Waals surface area contributed by atoms with Crippen LogP contribution in [0.2, 0.25) is 0 Å². The van der Waals surface area contributed by atoms with Gasteiger partial charge in [0.1, 0.15) is 0 Å². The molecule has 0 aliphatic heterocycles. The van der Waals surface area contributed by atoms with E-state index in [9.17, 15) is 5.26 Å². The van der Waals surface area contributed by atoms with E-state index in [1.165, 1.54) is 65.5 Å². The van der Waals surface area contributed by atoms with E-state index in [4.69, 9.17) is 9.97 Å². The Hall–Kier alpha value is -5.33. The number of hydrogen-bond acceptors (Lipinski definition) is 3. The van der Waals surface area contributed by atoms with Crippen molar-refractivity contribution in [1.82, 2.24) is 9.97 Å². The van der Waals surface area contributed by atoms with Crippen LogP contribution < -0.4 is 0 Å². The standard InChI is InChI=1S/C45H35N3/c46-27-28-16-17-39-38(23-28)43-37(31-10-4-1-5-11-31)24-34(25-40(43)45(39)35-19-29-18-30(21-35)22-36(45)20-29)44-47-41(32-12-6-2-7-13-32)26-42(48-44)33-14-8-3-9-15-33/h1-17,23-26,29-30,35-36H,18-22H2. The molecule has 5 aliphatic carbocycles. The van der Waals surface area contributed by atoms with Crippen molar-refractivity contribution in [2.75, 3.05) is 0 Å². The van der Waals surface area contributed by atoms with Gasteiger partial charge in [0.05, 0.1) is 23.0 Å². The Balaban J connectivity index is 1.28. The van der Waals surface area contributed by atoms with Gasteiger partial charge in [-0.3, -0.25) is 0 Å². The van der Waals surface area contributed by atoms with Crippen LogP contribution in [0.1, 0.15) is 48.8 Å². The number of nitriles is 1. The van der Waals surface area contributed by atoms with E-state index < -0.39 is 0 Å². The molecule has 4 bridgehead atoms. The van der Waals surface area contributed by atoms with Gasteiger partial charge in [-0.05, 0) is 119 Å². The van der Waals surface area contributed by atoms with E-state index in [1.807, 2.05) is 0 Å². The Labute approximate surface area is 282 Å². The van der Waals surface area contributed by atoms with Gasteiger partial charge in [0.25, 0.3) is 0 Å². The van der Waals surface area contributed by atoms with Gasteiger partial charge in [-0.15, -0.1) is 0 Å². The molecule has 0 N–H and O–H groups in total. The van der Waals surface area contributed by atoms with Crippen molar-refractivity contribution < 1.29 is 0 Å². The van der Waals surface area contributed by atoms with E-state index >= 15 is 0 Å². The summed E-state index contributed by atoms with van der Waals surface area (Å²) in [6.07, 6.45) is 6.61. The van der Waals surface area contributed by atoms with Crippen molar-refractivity contribution in [1.29, 1.82) is 5.26 Å². The molecule has 5 aliphatic rings. The molecule has 11 rings (SSSR count). The quantitative estimate of drug-likeness (QED) is 0.198. The third-order valence-corrected chi connectivity index (χ3v) is 12.1. The van der Waals surface area contributed by atoms with Crippen molar-refractivity contribution in [2.24, 2.45) is 23.7 Å². The van der Waals surface area contributed by atoms with E-state index in [0.29, 0.717) is 11.8 Å². The third-order valence-electron chi connectivity index (χ3n) is 12.1. The van der Waals surface area contributed by atoms with Gasteiger partial charge in [-0.1, -0.05) is 97.1 Å². The fourth-order valence-corrected chi connectivity index (χ4v) is 10.5. The minimum atomic E-state index is -0.0507. The first kappa shape index (κ1) is 27.8. The maximum Gasteiger partial charge on any atom is 0.160 e. The van der Waals surface area contributed by atoms with E-state index in [0.717, 1.165) is 51.3 Å². The zero-order chi connectivity index (χ0) is 31.8. The van der Waals surface area contributed by atoms with Crippen LogP contribution in [0.15, 0.2) is 127 Å². The van der Waals surface area contributed by atoms with Crippen molar-refractivity contribution in [3.05, 3.63) is 144 Å². The number of nitrogens with zero attached hydrogens (tertiary/aromatic N) is 3. The van der Waals surface area contributed by atoms with Crippen LogP contribution >= 0.6 is 0 Å². The summed E-state index contributed by atoms with van der Waals surface area (Å²) in [7, 11) is 0. The van der Waals surface area contributed by atoms with Crippen LogP contribution in [0.4, 0.5) is 0 Å². The molecular weight excluding hydrogens is 583 g/mol. The van der Waals surface area contributed by atoms with Gasteiger partial charge >= 0.3 is 0 Å². The third kappa shape index (κ3) is 4.05. The average Bonchev–Trinajstić information content (AvgIpc) is 3.44. The molecule has 0 atom stereocenters. The highest BCUT2D eigenvalue weighted by atomic mass is 14.9. The summed E-state index contributed by atoms with van der Waals surface area (Å²) >= 11 is 0. The zero-order valence-corrected chi connectivity index (χ0v) is 26.8. The highest BCUT2D eigenvalue weighted by Gasteiger charge is 2.62. The molecule has 6 aromatic rings. The van der Waals surface area contributed by atoms with Crippen LogP contribution in [-0.4, -0.2) is 9.97 Å². The number of fused-ring (bicyclic) bond motifs is 3. The van der Waals surface area contributed by atoms with Crippen molar-refractivity contribution in [3.63, 3.8) is 0 Å². The second-order valence-corrected chi connectivity index (χ2v) is 14.6. The van der Waals surface area contributed by atoms with E-state index in [-0.39, 0.29) is 5.41 Å². The average molecular weight is 618 g/mol. The number of rotatable bonds is 4. The lowest BCUT2D eigenvalue weighted by Crippen LogP contribution is -2.55. The molecule has 48 heavy (non-hydrogen) atoms. The van der Waals surface area contributed by atoms with Gasteiger partial charge in [0.15, 0.2) is 5.82 Å². The molecule has 230 valence electrons. The van der Waals surface area contributed by atoms with Gasteiger partial charge in [0.2, 0.25) is 0 Å². The largest absolute Gasteiger partial charge is 0.228 e. The molecule has 3 heteroatoms. The Kier molecular flexibility index (Phi) is 6.12. The Morgan fingerprint density at radius 1 is 0.521 bits per heavy atom. The molecule has 1 heterocycles. The van der Waals surface area contributed by atoms with Gasteiger partial charge in [0, 0.05) is 22.1 Å². The summed E-state index contributed by atoms with van der Waals surface area (Å²) in [4.78, 5) is 10.6. The van der Waals surface area contributed by atoms with Gasteiger partial charge < -0.3 is 0 Å². The van der Waals surface area contributed by atoms with Crippen LogP contribution in [0.3, 0.4) is 0 Å². The van der Waals surface area contributed by atoms with Gasteiger partial charge in [-0.25, -0.2) is 9.97 Å². The summed E-state index contributed by atoms with van der Waals surface area (Å²) in [5, 5.41) is 10.1. The number of aromatic nitrogens is 2. The van der Waals surface area contributed by atoms with E-state index in [1.54, 1.807) is 0 Å². The lowest BCUT2D eigenvalue weighted by Gasteiger charge is -2.61. The van der Waals surface area contributed by atoms with Crippen LogP contribution in [0.25, 0.3) is 56.2 Å². The first-order valence-corrected chi connectivity index (χ1v) is 17.5. The van der Waals surface area contributed by atoms with Gasteiger partial charge in [-0.2, -0.15) is 5.26 Å². The SMILES string of the molecule is N#Cc1ccc2c(c1)-c1c(-c3ccccc3)cc(-c3nc(-c4ccccc4)cc(-c4ccccc4)n3)cc1C21C2CC3CC(C2)CC1C3. The van der Waals surface area contributed by atoms with Crippen molar-refractivity contribution in [2.45, 2.75) is 37.5 Å². The van der Waals surface area contributed by atoms with Crippen molar-refractivity contribution >= 4 is 0 Å². The topological polar surface area (TPSA) is 49.6 Å². The Morgan fingerprint density at radius 3 is 1.65 bits per heavy atom. The maximum atomic E-state index is 10.1. The molecule has 0 saturated heterocycles. The van der Waals surface area contributed by atoms with E-state index in [2.05, 4.69) is 133 Å². The minimum absolute atomic E-state index is 0.0507. The highest BCUT2D eigenvalue weighted by molar-refractivity contribution is 5.96. The fraction of sp³-hybridized carbons (Fsp3) is 0.222. The summed E-state index contributed by atoms with van der Waals surface area (Å²) in [6.45, 7) is 0. The molecule has 3 nitrogen and oxygen atoms in total. The number of benzene rings is 5. The lowest BCUT2D eigenvalue weighted by atomic mass is 9.43. The van der Waals surface area contributed by atoms with Crippen LogP contribution in [-0.2, 0) is 5.41 Å². The molecule has 5 aromatic carbocycles. The Morgan fingerprint density at radius 2 is 1.08 bits per heavy atom. The molecule has 0 radical (unpaired) electrons. The monoisotopic (exact) mass is 617 g/mol. The minimum Gasteiger partial charge on any atom is -0.228 e. The molecule has 1 spiro atoms. The molecular formula is C45H35N3.